The number of carbonyl (C=O) groups is 1. The zero-order valence-corrected chi connectivity index (χ0v) is 13.6. The maximum atomic E-state index is 11.5. The van der Waals surface area contributed by atoms with Gasteiger partial charge in [0, 0.05) is 24.5 Å². The van der Waals surface area contributed by atoms with E-state index in [1.54, 1.807) is 12.4 Å². The monoisotopic (exact) mass is 328 g/mol. The third kappa shape index (κ3) is 3.42. The van der Waals surface area contributed by atoms with Gasteiger partial charge in [0.2, 0.25) is 5.95 Å². The Morgan fingerprint density at radius 3 is 2.74 bits per heavy atom. The van der Waals surface area contributed by atoms with E-state index >= 15 is 0 Å². The summed E-state index contributed by atoms with van der Waals surface area (Å²) >= 11 is 1.50. The Morgan fingerprint density at radius 2 is 2.04 bits per heavy atom. The summed E-state index contributed by atoms with van der Waals surface area (Å²) in [5, 5.41) is 6.06. The molecule has 3 rings (SSSR count). The van der Waals surface area contributed by atoms with Gasteiger partial charge in [0.05, 0.1) is 11.0 Å². The number of amides is 2. The number of nitrogens with one attached hydrogen (secondary N) is 3. The van der Waals surface area contributed by atoms with Gasteiger partial charge in [0.25, 0.3) is 0 Å². The molecule has 0 atom stereocenters. The van der Waals surface area contributed by atoms with Crippen molar-refractivity contribution in [2.75, 3.05) is 18.1 Å². The number of rotatable bonds is 4. The van der Waals surface area contributed by atoms with Crippen molar-refractivity contribution in [3.05, 3.63) is 30.6 Å². The lowest BCUT2D eigenvalue weighted by Crippen LogP contribution is -2.28. The Morgan fingerprint density at radius 1 is 1.26 bits per heavy atom. The number of aromatic nitrogens is 4. The number of H-pyrrole nitrogens is 1. The van der Waals surface area contributed by atoms with Crippen LogP contribution >= 0.6 is 11.8 Å². The highest BCUT2D eigenvalue weighted by atomic mass is 32.2. The van der Waals surface area contributed by atoms with E-state index in [1.807, 2.05) is 31.4 Å². The Hall–Kier alpha value is -2.61. The number of imidazole rings is 1. The molecule has 0 bridgehead atoms. The molecular weight excluding hydrogens is 312 g/mol. The van der Waals surface area contributed by atoms with Crippen molar-refractivity contribution in [3.63, 3.8) is 0 Å². The van der Waals surface area contributed by atoms with E-state index in [2.05, 4.69) is 30.6 Å². The van der Waals surface area contributed by atoms with Gasteiger partial charge in [-0.3, -0.25) is 5.32 Å². The van der Waals surface area contributed by atoms with Crippen LogP contribution in [0.25, 0.3) is 22.2 Å². The molecule has 23 heavy (non-hydrogen) atoms. The van der Waals surface area contributed by atoms with Crippen molar-refractivity contribution in [2.45, 2.75) is 12.1 Å². The van der Waals surface area contributed by atoms with Crippen molar-refractivity contribution < 1.29 is 4.79 Å². The van der Waals surface area contributed by atoms with E-state index in [4.69, 9.17) is 0 Å². The Labute approximate surface area is 137 Å². The Kier molecular flexibility index (Phi) is 4.42. The van der Waals surface area contributed by atoms with Crippen LogP contribution in [0.4, 0.5) is 10.7 Å². The van der Waals surface area contributed by atoms with Gasteiger partial charge in [0.15, 0.2) is 5.16 Å². The number of hydrogen-bond acceptors (Lipinski definition) is 5. The number of aromatic amines is 1. The molecule has 8 heteroatoms. The molecule has 2 amide bonds. The molecule has 0 aliphatic carbocycles. The quantitative estimate of drug-likeness (QED) is 0.505. The van der Waals surface area contributed by atoms with Crippen molar-refractivity contribution in [1.82, 2.24) is 25.3 Å². The van der Waals surface area contributed by atoms with Gasteiger partial charge in [-0.1, -0.05) is 17.8 Å². The second-order valence-electron chi connectivity index (χ2n) is 4.76. The van der Waals surface area contributed by atoms with Crippen LogP contribution in [0.2, 0.25) is 0 Å². The zero-order chi connectivity index (χ0) is 16.2. The van der Waals surface area contributed by atoms with Gasteiger partial charge in [-0.05, 0) is 30.9 Å². The third-order valence-electron chi connectivity index (χ3n) is 3.20. The van der Waals surface area contributed by atoms with Gasteiger partial charge in [-0.25, -0.2) is 19.7 Å². The summed E-state index contributed by atoms with van der Waals surface area (Å²) < 4.78 is 0. The average Bonchev–Trinajstić information content (AvgIpc) is 2.96. The van der Waals surface area contributed by atoms with E-state index < -0.39 is 0 Å². The number of urea groups is 1. The second-order valence-corrected chi connectivity index (χ2v) is 5.53. The molecule has 0 unspecified atom stereocenters. The lowest BCUT2D eigenvalue weighted by atomic mass is 10.1. The van der Waals surface area contributed by atoms with Gasteiger partial charge in [-0.2, -0.15) is 0 Å². The smallest absolute Gasteiger partial charge is 0.321 e. The SMILES string of the molecule is CCNC(=O)Nc1nc2cc(-c3cnc(SC)nc3)ccc2[nH]1. The van der Waals surface area contributed by atoms with Gasteiger partial charge >= 0.3 is 6.03 Å². The normalized spacial score (nSPS) is 10.7. The summed E-state index contributed by atoms with van der Waals surface area (Å²) in [7, 11) is 0. The van der Waals surface area contributed by atoms with Crippen LogP contribution in [0, 0.1) is 0 Å². The first-order chi connectivity index (χ1) is 11.2. The number of thioether (sulfide) groups is 1. The standard InChI is InChI=1S/C15H16N6OS/c1-3-16-14(22)21-13-19-11-5-4-9(6-12(11)20-13)10-7-17-15(23-2)18-8-10/h4-8H,3H2,1-2H3,(H3,16,19,20,21,22). The molecule has 2 heterocycles. The molecule has 3 N–H and O–H groups in total. The Balaban J connectivity index is 1.87. The van der Waals surface area contributed by atoms with Gasteiger partial charge in [-0.15, -0.1) is 0 Å². The topological polar surface area (TPSA) is 95.6 Å². The molecule has 0 spiro atoms. The van der Waals surface area contributed by atoms with Crippen LogP contribution in [0.1, 0.15) is 6.92 Å². The molecule has 0 aliphatic rings. The molecule has 3 aromatic rings. The van der Waals surface area contributed by atoms with Crippen LogP contribution in [-0.4, -0.2) is 38.8 Å². The van der Waals surface area contributed by atoms with E-state index in [0.29, 0.717) is 12.5 Å². The molecule has 0 fully saturated rings. The van der Waals surface area contributed by atoms with E-state index in [9.17, 15) is 4.79 Å². The van der Waals surface area contributed by atoms with E-state index in [0.717, 1.165) is 27.3 Å². The number of carbonyl (C=O) groups excluding carboxylic acids is 1. The molecule has 0 aliphatic heterocycles. The largest absolute Gasteiger partial charge is 0.338 e. The van der Waals surface area contributed by atoms with E-state index in [1.165, 1.54) is 11.8 Å². The average molecular weight is 328 g/mol. The summed E-state index contributed by atoms with van der Waals surface area (Å²) in [4.78, 5) is 27.5. The molecular formula is C15H16N6OS. The minimum Gasteiger partial charge on any atom is -0.338 e. The van der Waals surface area contributed by atoms with Crippen molar-refractivity contribution in [3.8, 4) is 11.1 Å². The fourth-order valence-electron chi connectivity index (χ4n) is 2.13. The molecule has 0 saturated heterocycles. The van der Waals surface area contributed by atoms with E-state index in [-0.39, 0.29) is 6.03 Å². The lowest BCUT2D eigenvalue weighted by Gasteiger charge is -2.01. The highest BCUT2D eigenvalue weighted by Gasteiger charge is 2.08. The van der Waals surface area contributed by atoms with Crippen molar-refractivity contribution in [1.29, 1.82) is 0 Å². The van der Waals surface area contributed by atoms with Crippen molar-refractivity contribution in [2.24, 2.45) is 0 Å². The predicted octanol–water partition coefficient (Wildman–Crippen LogP) is 2.88. The van der Waals surface area contributed by atoms with Crippen LogP contribution < -0.4 is 10.6 Å². The molecule has 0 radical (unpaired) electrons. The van der Waals surface area contributed by atoms with Crippen LogP contribution in [0.3, 0.4) is 0 Å². The van der Waals surface area contributed by atoms with Crippen LogP contribution in [0.15, 0.2) is 35.7 Å². The first kappa shape index (κ1) is 15.3. The molecule has 118 valence electrons. The number of hydrogen-bond donors (Lipinski definition) is 3. The first-order valence-electron chi connectivity index (χ1n) is 7.10. The minimum absolute atomic E-state index is 0.284. The second kappa shape index (κ2) is 6.66. The molecule has 2 aromatic heterocycles. The maximum absolute atomic E-state index is 11.5. The van der Waals surface area contributed by atoms with Crippen LogP contribution in [-0.2, 0) is 0 Å². The first-order valence-corrected chi connectivity index (χ1v) is 8.33. The summed E-state index contributed by atoms with van der Waals surface area (Å²) in [6.07, 6.45) is 5.52. The highest BCUT2D eigenvalue weighted by Crippen LogP contribution is 2.24. The maximum Gasteiger partial charge on any atom is 0.321 e. The highest BCUT2D eigenvalue weighted by molar-refractivity contribution is 7.98. The third-order valence-corrected chi connectivity index (χ3v) is 3.77. The minimum atomic E-state index is -0.284. The summed E-state index contributed by atoms with van der Waals surface area (Å²) in [5.41, 5.74) is 3.51. The predicted molar refractivity (Wildman–Crippen MR) is 91.6 cm³/mol. The molecule has 7 nitrogen and oxygen atoms in total. The summed E-state index contributed by atoms with van der Waals surface area (Å²) in [6.45, 7) is 2.41. The number of nitrogens with zero attached hydrogens (tertiary/aromatic N) is 3. The molecule has 1 aromatic carbocycles. The van der Waals surface area contributed by atoms with Crippen molar-refractivity contribution >= 4 is 34.8 Å². The Bertz CT molecular complexity index is 830. The number of fused-ring (bicyclic) bond motifs is 1. The summed E-state index contributed by atoms with van der Waals surface area (Å²) in [5.74, 6) is 0.414. The number of benzene rings is 1. The van der Waals surface area contributed by atoms with Gasteiger partial charge < -0.3 is 10.3 Å². The van der Waals surface area contributed by atoms with Crippen LogP contribution in [0.5, 0.6) is 0 Å². The summed E-state index contributed by atoms with van der Waals surface area (Å²) in [6, 6.07) is 5.54. The van der Waals surface area contributed by atoms with Gasteiger partial charge in [0.1, 0.15) is 0 Å². The molecule has 0 saturated carbocycles. The fraction of sp³-hybridized carbons (Fsp3) is 0.200. The zero-order valence-electron chi connectivity index (χ0n) is 12.8. The fourth-order valence-corrected chi connectivity index (χ4v) is 2.44. The number of anilines is 1. The lowest BCUT2D eigenvalue weighted by molar-refractivity contribution is 0.252.